The van der Waals surface area contributed by atoms with Gasteiger partial charge in [-0.15, -0.1) is 0 Å². The summed E-state index contributed by atoms with van der Waals surface area (Å²) in [4.78, 5) is 64.9. The largest absolute Gasteiger partial charge is 0.466 e. The van der Waals surface area contributed by atoms with Gasteiger partial charge in [-0.3, -0.25) is 19.2 Å². The van der Waals surface area contributed by atoms with Gasteiger partial charge in [0.05, 0.1) is 52.5 Å². The Morgan fingerprint density at radius 2 is 1.05 bits per heavy atom. The van der Waals surface area contributed by atoms with Crippen LogP contribution in [0.3, 0.4) is 0 Å². The molecule has 0 rings (SSSR count). The molecule has 12 nitrogen and oxygen atoms in total. The molecule has 0 saturated heterocycles. The third-order valence-corrected chi connectivity index (χ3v) is 6.04. The highest BCUT2D eigenvalue weighted by Crippen LogP contribution is 2.34. The molecule has 0 amide bonds. The summed E-state index contributed by atoms with van der Waals surface area (Å²) in [5.74, 6) is -6.62. The Hall–Kier alpha value is -2.73. The second-order valence-corrected chi connectivity index (χ2v) is 9.80. The van der Waals surface area contributed by atoms with Gasteiger partial charge in [0, 0.05) is 13.5 Å². The van der Waals surface area contributed by atoms with E-state index in [0.29, 0.717) is 51.9 Å². The van der Waals surface area contributed by atoms with Crippen LogP contribution in [-0.4, -0.2) is 88.3 Å². The number of carbonyl (C=O) groups excluding carboxylic acids is 5. The number of unbranched alkanes of at least 4 members (excludes halogenated alkanes) is 4. The van der Waals surface area contributed by atoms with Crippen molar-refractivity contribution in [3.05, 3.63) is 0 Å². The Labute approximate surface area is 250 Å². The number of esters is 5. The van der Waals surface area contributed by atoms with Gasteiger partial charge in [0.25, 0.3) is 0 Å². The first-order valence-corrected chi connectivity index (χ1v) is 15.2. The summed E-state index contributed by atoms with van der Waals surface area (Å²) in [5, 5.41) is 0. The van der Waals surface area contributed by atoms with Crippen molar-refractivity contribution >= 4 is 29.8 Å². The number of carbonyl (C=O) groups is 5. The Morgan fingerprint density at radius 3 is 1.62 bits per heavy atom. The van der Waals surface area contributed by atoms with Gasteiger partial charge in [-0.05, 0) is 25.7 Å². The minimum absolute atomic E-state index is 0.00295. The number of hydrogen-bond donors (Lipinski definition) is 0. The molecular formula is C30H52O12. The van der Waals surface area contributed by atoms with Gasteiger partial charge in [0.15, 0.2) is 0 Å². The van der Waals surface area contributed by atoms with Crippen LogP contribution < -0.4 is 0 Å². The van der Waals surface area contributed by atoms with Crippen LogP contribution in [-0.2, 0) is 57.1 Å². The van der Waals surface area contributed by atoms with E-state index in [1.165, 1.54) is 0 Å². The first-order valence-electron chi connectivity index (χ1n) is 15.2. The highest BCUT2D eigenvalue weighted by molar-refractivity contribution is 5.95. The second-order valence-electron chi connectivity index (χ2n) is 9.80. The van der Waals surface area contributed by atoms with Crippen LogP contribution in [0.2, 0.25) is 0 Å². The molecule has 0 bridgehead atoms. The fourth-order valence-corrected chi connectivity index (χ4v) is 3.63. The minimum Gasteiger partial charge on any atom is -0.466 e. The van der Waals surface area contributed by atoms with Gasteiger partial charge in [0.2, 0.25) is 5.60 Å². The van der Waals surface area contributed by atoms with E-state index in [0.717, 1.165) is 26.2 Å². The van der Waals surface area contributed by atoms with Crippen LogP contribution in [0.5, 0.6) is 0 Å². The Morgan fingerprint density at radius 1 is 0.571 bits per heavy atom. The first-order chi connectivity index (χ1) is 20.2. The van der Waals surface area contributed by atoms with Gasteiger partial charge in [-0.1, -0.05) is 53.4 Å². The molecule has 0 aromatic carbocycles. The van der Waals surface area contributed by atoms with Crippen LogP contribution >= 0.6 is 0 Å². The normalized spacial score (nSPS) is 13.0. The Kier molecular flexibility index (Phi) is 23.2. The summed E-state index contributed by atoms with van der Waals surface area (Å²) >= 11 is 0. The van der Waals surface area contributed by atoms with Crippen molar-refractivity contribution in [3.63, 3.8) is 0 Å². The molecule has 0 N–H and O–H groups in total. The average Bonchev–Trinajstić information content (AvgIpc) is 2.94. The molecular weight excluding hydrogens is 552 g/mol. The quantitative estimate of drug-likeness (QED) is 0.0795. The predicted molar refractivity (Wildman–Crippen MR) is 152 cm³/mol. The maximum absolute atomic E-state index is 13.5. The zero-order chi connectivity index (χ0) is 31.6. The molecule has 0 spiro atoms. The van der Waals surface area contributed by atoms with E-state index in [1.807, 2.05) is 20.8 Å². The molecule has 0 aliphatic heterocycles. The van der Waals surface area contributed by atoms with Crippen molar-refractivity contribution in [2.24, 2.45) is 5.92 Å². The van der Waals surface area contributed by atoms with Crippen molar-refractivity contribution in [2.75, 3.05) is 52.9 Å². The smallest absolute Gasteiger partial charge is 0.352 e. The summed E-state index contributed by atoms with van der Waals surface area (Å²) in [5.41, 5.74) is -2.50. The lowest BCUT2D eigenvalue weighted by molar-refractivity contribution is -0.200. The lowest BCUT2D eigenvalue weighted by Crippen LogP contribution is -2.56. The molecule has 12 heteroatoms. The molecule has 0 aliphatic rings. The van der Waals surface area contributed by atoms with E-state index in [4.69, 9.17) is 33.2 Å². The summed E-state index contributed by atoms with van der Waals surface area (Å²) in [6.07, 6.45) is 4.13. The zero-order valence-corrected chi connectivity index (χ0v) is 26.2. The average molecular weight is 605 g/mol. The van der Waals surface area contributed by atoms with Crippen LogP contribution in [0.15, 0.2) is 0 Å². The van der Waals surface area contributed by atoms with E-state index in [2.05, 4.69) is 6.92 Å². The van der Waals surface area contributed by atoms with Crippen molar-refractivity contribution < 1.29 is 57.1 Å². The van der Waals surface area contributed by atoms with Gasteiger partial charge >= 0.3 is 29.8 Å². The van der Waals surface area contributed by atoms with Crippen molar-refractivity contribution in [3.8, 4) is 0 Å². The monoisotopic (exact) mass is 604 g/mol. The second kappa shape index (κ2) is 24.8. The molecule has 0 radical (unpaired) electrons. The maximum atomic E-state index is 13.5. The number of rotatable bonds is 26. The summed E-state index contributed by atoms with van der Waals surface area (Å²) in [7, 11) is 0. The Balaban J connectivity index is 5.93. The number of ether oxygens (including phenoxy) is 7. The fraction of sp³-hybridized carbons (Fsp3) is 0.833. The van der Waals surface area contributed by atoms with Gasteiger partial charge in [-0.25, -0.2) is 4.79 Å². The summed E-state index contributed by atoms with van der Waals surface area (Å²) in [6.45, 7) is 10.1. The summed E-state index contributed by atoms with van der Waals surface area (Å²) in [6, 6.07) is 0. The molecule has 0 heterocycles. The van der Waals surface area contributed by atoms with Crippen LogP contribution in [0.4, 0.5) is 0 Å². The van der Waals surface area contributed by atoms with Gasteiger partial charge in [0.1, 0.15) is 12.5 Å². The minimum atomic E-state index is -2.50. The predicted octanol–water partition coefficient (Wildman–Crippen LogP) is 4.09. The molecule has 0 aromatic heterocycles. The van der Waals surface area contributed by atoms with Gasteiger partial charge < -0.3 is 33.2 Å². The molecule has 0 aromatic rings. The molecule has 2 atom stereocenters. The fourth-order valence-electron chi connectivity index (χ4n) is 3.63. The number of hydrogen-bond acceptors (Lipinski definition) is 12. The third kappa shape index (κ3) is 17.3. The van der Waals surface area contributed by atoms with E-state index in [-0.39, 0.29) is 33.0 Å². The maximum Gasteiger partial charge on any atom is 0.352 e. The third-order valence-electron chi connectivity index (χ3n) is 6.04. The summed E-state index contributed by atoms with van der Waals surface area (Å²) < 4.78 is 37.4. The molecule has 2 unspecified atom stereocenters. The SMILES string of the molecule is CCCCOCCOCCOC(=O)CC(C(=O)OCCCC)C(CC(=O)OCCCC)(OC(C)=O)C(=O)OCCCC. The van der Waals surface area contributed by atoms with Crippen molar-refractivity contribution in [1.82, 2.24) is 0 Å². The van der Waals surface area contributed by atoms with Crippen LogP contribution in [0, 0.1) is 5.92 Å². The molecule has 244 valence electrons. The molecule has 42 heavy (non-hydrogen) atoms. The standard InChI is InChI=1S/C30H52O12/c1-6-10-14-36-18-19-37-20-21-39-26(32)22-25(28(34)40-16-12-8-3)30(42-24(5)31,29(35)41-17-13-9-4)23-27(33)38-15-11-7-2/h25H,6-23H2,1-5H3. The van der Waals surface area contributed by atoms with E-state index >= 15 is 0 Å². The van der Waals surface area contributed by atoms with Crippen molar-refractivity contribution in [1.29, 1.82) is 0 Å². The zero-order valence-electron chi connectivity index (χ0n) is 26.2. The van der Waals surface area contributed by atoms with Crippen molar-refractivity contribution in [2.45, 2.75) is 104 Å². The topological polar surface area (TPSA) is 150 Å². The molecule has 0 fully saturated rings. The van der Waals surface area contributed by atoms with Crippen LogP contribution in [0.1, 0.15) is 98.8 Å². The first kappa shape index (κ1) is 39.3. The lowest BCUT2D eigenvalue weighted by Gasteiger charge is -2.35. The highest BCUT2D eigenvalue weighted by Gasteiger charge is 2.57. The Bertz CT molecular complexity index is 784. The molecule has 0 saturated carbocycles. The highest BCUT2D eigenvalue weighted by atomic mass is 16.6. The van der Waals surface area contributed by atoms with E-state index < -0.39 is 54.2 Å². The molecule has 0 aliphatic carbocycles. The van der Waals surface area contributed by atoms with Crippen LogP contribution in [0.25, 0.3) is 0 Å². The van der Waals surface area contributed by atoms with Gasteiger partial charge in [-0.2, -0.15) is 0 Å². The lowest BCUT2D eigenvalue weighted by atomic mass is 9.81. The van der Waals surface area contributed by atoms with E-state index in [1.54, 1.807) is 0 Å². The van der Waals surface area contributed by atoms with E-state index in [9.17, 15) is 24.0 Å².